The Morgan fingerprint density at radius 3 is 2.75 bits per heavy atom. The molecule has 1 atom stereocenters. The van der Waals surface area contributed by atoms with Gasteiger partial charge in [0.05, 0.1) is 12.7 Å². The molecule has 0 spiro atoms. The molecule has 1 N–H and O–H groups in total. The Morgan fingerprint density at radius 1 is 1.25 bits per heavy atom. The predicted octanol–water partition coefficient (Wildman–Crippen LogP) is 3.90. The number of ether oxygens (including phenoxy) is 1. The van der Waals surface area contributed by atoms with Crippen LogP contribution in [0.1, 0.15) is 18.5 Å². The maximum Gasteiger partial charge on any atom is 0.143 e. The average molecular weight is 270 g/mol. The number of anilines is 1. The second-order valence-electron chi connectivity index (χ2n) is 4.19. The Balaban J connectivity index is 2.27. The number of hydrogen-bond donors (Lipinski definition) is 1. The number of hydrogen-bond acceptors (Lipinski definition) is 3. The molecule has 20 heavy (non-hydrogen) atoms. The van der Waals surface area contributed by atoms with E-state index in [1.54, 1.807) is 12.1 Å². The van der Waals surface area contributed by atoms with Crippen molar-refractivity contribution in [2.45, 2.75) is 13.0 Å². The first-order valence-electron chi connectivity index (χ1n) is 6.38. The molecular formula is C16H15FN2O. The highest BCUT2D eigenvalue weighted by Crippen LogP contribution is 2.27. The van der Waals surface area contributed by atoms with Crippen LogP contribution in [-0.4, -0.2) is 6.61 Å². The van der Waals surface area contributed by atoms with Crippen LogP contribution in [0.5, 0.6) is 5.75 Å². The van der Waals surface area contributed by atoms with Gasteiger partial charge in [0.1, 0.15) is 17.6 Å². The number of nitriles is 1. The number of benzene rings is 2. The number of halogens is 1. The molecule has 1 unspecified atom stereocenters. The van der Waals surface area contributed by atoms with Crippen LogP contribution in [0.4, 0.5) is 10.1 Å². The van der Waals surface area contributed by atoms with Gasteiger partial charge in [-0.2, -0.15) is 5.26 Å². The Morgan fingerprint density at radius 2 is 2.05 bits per heavy atom. The van der Waals surface area contributed by atoms with E-state index in [9.17, 15) is 9.65 Å². The third-order valence-corrected chi connectivity index (χ3v) is 2.79. The SMILES string of the molecule is CCOc1ccccc1C(C#N)Nc1cccc(F)c1. The Kier molecular flexibility index (Phi) is 4.56. The van der Waals surface area contributed by atoms with Crippen LogP contribution >= 0.6 is 0 Å². The van der Waals surface area contributed by atoms with E-state index in [0.717, 1.165) is 5.56 Å². The second kappa shape index (κ2) is 6.58. The lowest BCUT2D eigenvalue weighted by atomic mass is 10.1. The topological polar surface area (TPSA) is 45.0 Å². The van der Waals surface area contributed by atoms with E-state index in [4.69, 9.17) is 4.74 Å². The highest BCUT2D eigenvalue weighted by atomic mass is 19.1. The summed E-state index contributed by atoms with van der Waals surface area (Å²) in [5.74, 6) is 0.315. The van der Waals surface area contributed by atoms with Crippen molar-refractivity contribution < 1.29 is 9.13 Å². The molecule has 0 radical (unpaired) electrons. The quantitative estimate of drug-likeness (QED) is 0.896. The van der Waals surface area contributed by atoms with Gasteiger partial charge in [-0.15, -0.1) is 0 Å². The number of para-hydroxylation sites is 1. The first-order chi connectivity index (χ1) is 9.74. The molecular weight excluding hydrogens is 255 g/mol. The molecule has 0 aliphatic rings. The Bertz CT molecular complexity index is 622. The standard InChI is InChI=1S/C16H15FN2O/c1-2-20-16-9-4-3-8-14(16)15(11-18)19-13-7-5-6-12(17)10-13/h3-10,15,19H,2H2,1H3. The van der Waals surface area contributed by atoms with Gasteiger partial charge < -0.3 is 10.1 Å². The summed E-state index contributed by atoms with van der Waals surface area (Å²) in [5, 5.41) is 12.3. The van der Waals surface area contributed by atoms with Crippen LogP contribution in [0.25, 0.3) is 0 Å². The van der Waals surface area contributed by atoms with Crippen molar-refractivity contribution in [3.8, 4) is 11.8 Å². The summed E-state index contributed by atoms with van der Waals surface area (Å²) in [6.07, 6.45) is 0. The van der Waals surface area contributed by atoms with Crippen molar-refractivity contribution in [1.82, 2.24) is 0 Å². The van der Waals surface area contributed by atoms with Crippen LogP contribution in [0.2, 0.25) is 0 Å². The van der Waals surface area contributed by atoms with Gasteiger partial charge in [0.15, 0.2) is 0 Å². The van der Waals surface area contributed by atoms with Gasteiger partial charge in [-0.05, 0) is 31.2 Å². The molecule has 4 heteroatoms. The fourth-order valence-electron chi connectivity index (χ4n) is 1.93. The molecule has 102 valence electrons. The predicted molar refractivity (Wildman–Crippen MR) is 76.0 cm³/mol. The van der Waals surface area contributed by atoms with Gasteiger partial charge in [-0.3, -0.25) is 0 Å². The molecule has 0 saturated heterocycles. The van der Waals surface area contributed by atoms with Crippen molar-refractivity contribution in [3.63, 3.8) is 0 Å². The summed E-state index contributed by atoms with van der Waals surface area (Å²) in [7, 11) is 0. The van der Waals surface area contributed by atoms with Gasteiger partial charge in [-0.1, -0.05) is 24.3 Å². The lowest BCUT2D eigenvalue weighted by molar-refractivity contribution is 0.336. The maximum absolute atomic E-state index is 13.2. The van der Waals surface area contributed by atoms with Crippen molar-refractivity contribution in [3.05, 3.63) is 59.9 Å². The summed E-state index contributed by atoms with van der Waals surface area (Å²) in [6.45, 7) is 2.41. The summed E-state index contributed by atoms with van der Waals surface area (Å²) in [6, 6.07) is 14.9. The minimum atomic E-state index is -0.598. The smallest absolute Gasteiger partial charge is 0.143 e. The van der Waals surface area contributed by atoms with Gasteiger partial charge in [0.25, 0.3) is 0 Å². The van der Waals surface area contributed by atoms with Crippen molar-refractivity contribution in [1.29, 1.82) is 5.26 Å². The first-order valence-corrected chi connectivity index (χ1v) is 6.38. The first kappa shape index (κ1) is 13.9. The summed E-state index contributed by atoms with van der Waals surface area (Å²) < 4.78 is 18.7. The highest BCUT2D eigenvalue weighted by molar-refractivity contribution is 5.50. The molecule has 0 aromatic heterocycles. The fourth-order valence-corrected chi connectivity index (χ4v) is 1.93. The van der Waals surface area contributed by atoms with E-state index in [0.29, 0.717) is 18.0 Å². The Hall–Kier alpha value is -2.54. The molecule has 0 heterocycles. The zero-order valence-electron chi connectivity index (χ0n) is 11.1. The van der Waals surface area contributed by atoms with Crippen LogP contribution in [0, 0.1) is 17.1 Å². The molecule has 3 nitrogen and oxygen atoms in total. The van der Waals surface area contributed by atoms with Crippen molar-refractivity contribution in [2.75, 3.05) is 11.9 Å². The van der Waals surface area contributed by atoms with Crippen molar-refractivity contribution >= 4 is 5.69 Å². The minimum Gasteiger partial charge on any atom is -0.493 e. The number of rotatable bonds is 5. The highest BCUT2D eigenvalue weighted by Gasteiger charge is 2.15. The van der Waals surface area contributed by atoms with Gasteiger partial charge in [0, 0.05) is 11.3 Å². The molecule has 0 aliphatic heterocycles. The molecule has 0 amide bonds. The molecule has 2 rings (SSSR count). The fraction of sp³-hybridized carbons (Fsp3) is 0.188. The van der Waals surface area contributed by atoms with Crippen LogP contribution < -0.4 is 10.1 Å². The third-order valence-electron chi connectivity index (χ3n) is 2.79. The summed E-state index contributed by atoms with van der Waals surface area (Å²) in [5.41, 5.74) is 1.30. The lowest BCUT2D eigenvalue weighted by Crippen LogP contribution is -2.10. The van der Waals surface area contributed by atoms with Gasteiger partial charge in [-0.25, -0.2) is 4.39 Å². The van der Waals surface area contributed by atoms with E-state index < -0.39 is 6.04 Å². The van der Waals surface area contributed by atoms with E-state index >= 15 is 0 Å². The summed E-state index contributed by atoms with van der Waals surface area (Å²) >= 11 is 0. The van der Waals surface area contributed by atoms with Crippen LogP contribution in [0.3, 0.4) is 0 Å². The monoisotopic (exact) mass is 270 g/mol. The van der Waals surface area contributed by atoms with Gasteiger partial charge >= 0.3 is 0 Å². The average Bonchev–Trinajstić information content (AvgIpc) is 2.46. The van der Waals surface area contributed by atoms with E-state index in [1.807, 2.05) is 31.2 Å². The molecule has 2 aromatic carbocycles. The van der Waals surface area contributed by atoms with Crippen LogP contribution in [-0.2, 0) is 0 Å². The van der Waals surface area contributed by atoms with E-state index in [1.165, 1.54) is 12.1 Å². The molecule has 2 aromatic rings. The van der Waals surface area contributed by atoms with E-state index in [2.05, 4.69) is 11.4 Å². The molecule has 0 saturated carbocycles. The second-order valence-corrected chi connectivity index (χ2v) is 4.19. The third kappa shape index (κ3) is 3.27. The Labute approximate surface area is 117 Å². The number of nitrogens with one attached hydrogen (secondary N) is 1. The minimum absolute atomic E-state index is 0.343. The molecule has 0 fully saturated rings. The maximum atomic E-state index is 13.2. The van der Waals surface area contributed by atoms with Crippen LogP contribution in [0.15, 0.2) is 48.5 Å². The molecule has 0 aliphatic carbocycles. The molecule has 0 bridgehead atoms. The zero-order valence-corrected chi connectivity index (χ0v) is 11.1. The lowest BCUT2D eigenvalue weighted by Gasteiger charge is -2.17. The van der Waals surface area contributed by atoms with Crippen molar-refractivity contribution in [2.24, 2.45) is 0 Å². The summed E-state index contributed by atoms with van der Waals surface area (Å²) in [4.78, 5) is 0. The van der Waals surface area contributed by atoms with Gasteiger partial charge in [0.2, 0.25) is 0 Å². The zero-order chi connectivity index (χ0) is 14.4. The number of nitrogens with zero attached hydrogens (tertiary/aromatic N) is 1. The van der Waals surface area contributed by atoms with E-state index in [-0.39, 0.29) is 5.82 Å². The largest absolute Gasteiger partial charge is 0.493 e. The normalized spacial score (nSPS) is 11.4.